The van der Waals surface area contributed by atoms with E-state index in [1.54, 1.807) is 0 Å². The minimum atomic E-state index is -0.0417. The molecule has 0 bridgehead atoms. The molecule has 0 saturated heterocycles. The van der Waals surface area contributed by atoms with Gasteiger partial charge in [-0.3, -0.25) is 9.69 Å². The lowest BCUT2D eigenvalue weighted by atomic mass is 10.1. The summed E-state index contributed by atoms with van der Waals surface area (Å²) >= 11 is 0. The van der Waals surface area contributed by atoms with Gasteiger partial charge in [0.15, 0.2) is 5.96 Å². The summed E-state index contributed by atoms with van der Waals surface area (Å²) in [4.78, 5) is 18.4. The predicted octanol–water partition coefficient (Wildman–Crippen LogP) is 1.98. The molecule has 1 aromatic carbocycles. The van der Waals surface area contributed by atoms with Crippen LogP contribution in [0.2, 0.25) is 0 Å². The van der Waals surface area contributed by atoms with Crippen LogP contribution >= 0.6 is 0 Å². The van der Waals surface area contributed by atoms with Crippen molar-refractivity contribution >= 4 is 11.9 Å². The first-order valence-electron chi connectivity index (χ1n) is 9.59. The molecule has 0 aromatic heterocycles. The van der Waals surface area contributed by atoms with Crippen molar-refractivity contribution < 1.29 is 4.79 Å². The summed E-state index contributed by atoms with van der Waals surface area (Å²) in [5.74, 6) is 0.650. The van der Waals surface area contributed by atoms with E-state index < -0.39 is 0 Å². The van der Waals surface area contributed by atoms with Crippen molar-refractivity contribution in [3.63, 3.8) is 0 Å². The lowest BCUT2D eigenvalue weighted by molar-refractivity contribution is -0.119. The number of carbonyl (C=O) groups is 1. The van der Waals surface area contributed by atoms with Crippen molar-refractivity contribution in [2.75, 3.05) is 33.2 Å². The second-order valence-corrected chi connectivity index (χ2v) is 6.51. The van der Waals surface area contributed by atoms with E-state index in [4.69, 9.17) is 0 Å². The molecular weight excluding hydrogens is 326 g/mol. The number of nitrogens with one attached hydrogen (secondary N) is 3. The minimum Gasteiger partial charge on any atom is -0.357 e. The largest absolute Gasteiger partial charge is 0.357 e. The van der Waals surface area contributed by atoms with Crippen molar-refractivity contribution in [1.82, 2.24) is 20.9 Å². The van der Waals surface area contributed by atoms with E-state index >= 15 is 0 Å². The van der Waals surface area contributed by atoms with Crippen molar-refractivity contribution in [1.29, 1.82) is 0 Å². The van der Waals surface area contributed by atoms with Crippen LogP contribution in [0.15, 0.2) is 35.3 Å². The lowest BCUT2D eigenvalue weighted by Crippen LogP contribution is -2.40. The van der Waals surface area contributed by atoms with Crippen LogP contribution in [0.1, 0.15) is 39.2 Å². The fourth-order valence-corrected chi connectivity index (χ4v) is 2.46. The van der Waals surface area contributed by atoms with E-state index in [9.17, 15) is 4.79 Å². The Balaban J connectivity index is 2.37. The van der Waals surface area contributed by atoms with Crippen molar-refractivity contribution in [3.8, 4) is 0 Å². The molecule has 0 spiro atoms. The summed E-state index contributed by atoms with van der Waals surface area (Å²) < 4.78 is 0. The zero-order chi connectivity index (χ0) is 19.2. The summed E-state index contributed by atoms with van der Waals surface area (Å²) in [6.45, 7) is 9.65. The molecule has 0 aliphatic rings. The van der Waals surface area contributed by atoms with Crippen LogP contribution in [0.5, 0.6) is 0 Å². The van der Waals surface area contributed by atoms with Gasteiger partial charge in [-0.05, 0) is 39.3 Å². The Morgan fingerprint density at radius 3 is 2.50 bits per heavy atom. The van der Waals surface area contributed by atoms with Crippen LogP contribution < -0.4 is 16.0 Å². The topological polar surface area (TPSA) is 68.8 Å². The number of rotatable bonds is 11. The highest BCUT2D eigenvalue weighted by Gasteiger charge is 2.10. The monoisotopic (exact) mass is 361 g/mol. The maximum atomic E-state index is 11.7. The van der Waals surface area contributed by atoms with Crippen LogP contribution in [0, 0.1) is 0 Å². The molecule has 1 atom stereocenters. The minimum absolute atomic E-state index is 0.0417. The molecule has 0 saturated carbocycles. The number of benzene rings is 1. The molecule has 0 aliphatic heterocycles. The first kappa shape index (κ1) is 22.0. The van der Waals surface area contributed by atoms with Gasteiger partial charge >= 0.3 is 0 Å². The summed E-state index contributed by atoms with van der Waals surface area (Å²) in [6.07, 6.45) is 1.93. The highest BCUT2D eigenvalue weighted by Crippen LogP contribution is 2.07. The van der Waals surface area contributed by atoms with Crippen LogP contribution in [0.3, 0.4) is 0 Å². The standard InChI is InChI=1S/C20H35N5O/c1-5-13-22-19(26)15-24-20(21-6-2)23-14-12-17(3)25(4)16-18-10-8-7-9-11-18/h7-11,17H,5-6,12-16H2,1-4H3,(H,22,26)(H2,21,23,24). The molecule has 1 aromatic rings. The van der Waals surface area contributed by atoms with Gasteiger partial charge in [-0.2, -0.15) is 0 Å². The summed E-state index contributed by atoms with van der Waals surface area (Å²) in [6, 6.07) is 10.9. The zero-order valence-electron chi connectivity index (χ0n) is 16.7. The molecule has 1 amide bonds. The van der Waals surface area contributed by atoms with Gasteiger partial charge in [0.25, 0.3) is 0 Å². The maximum Gasteiger partial charge on any atom is 0.241 e. The summed E-state index contributed by atoms with van der Waals surface area (Å²) in [5.41, 5.74) is 1.32. The van der Waals surface area contributed by atoms with Crippen molar-refractivity contribution in [2.45, 2.75) is 46.2 Å². The van der Waals surface area contributed by atoms with Gasteiger partial charge in [-0.15, -0.1) is 0 Å². The molecule has 26 heavy (non-hydrogen) atoms. The van der Waals surface area contributed by atoms with Gasteiger partial charge < -0.3 is 16.0 Å². The highest BCUT2D eigenvalue weighted by molar-refractivity contribution is 5.84. The van der Waals surface area contributed by atoms with Crippen molar-refractivity contribution in [3.05, 3.63) is 35.9 Å². The summed E-state index contributed by atoms with van der Waals surface area (Å²) in [7, 11) is 2.15. The molecule has 0 aliphatic carbocycles. The van der Waals surface area contributed by atoms with Gasteiger partial charge in [0.2, 0.25) is 5.91 Å². The second-order valence-electron chi connectivity index (χ2n) is 6.51. The van der Waals surface area contributed by atoms with E-state index in [1.807, 2.05) is 19.9 Å². The molecule has 0 fully saturated rings. The SMILES string of the molecule is CCCNC(=O)CN=C(NCC)NCCC(C)N(C)Cc1ccccc1. The Hall–Kier alpha value is -2.08. The first-order valence-corrected chi connectivity index (χ1v) is 9.59. The Bertz CT molecular complexity index is 532. The van der Waals surface area contributed by atoms with Crippen LogP contribution in [0.4, 0.5) is 0 Å². The number of guanidine groups is 1. The van der Waals surface area contributed by atoms with Crippen LogP contribution in [-0.2, 0) is 11.3 Å². The number of hydrogen-bond acceptors (Lipinski definition) is 3. The van der Waals surface area contributed by atoms with Gasteiger partial charge in [-0.25, -0.2) is 4.99 Å². The van der Waals surface area contributed by atoms with E-state index in [0.717, 1.165) is 32.5 Å². The van der Waals surface area contributed by atoms with E-state index in [-0.39, 0.29) is 12.5 Å². The number of carbonyl (C=O) groups excluding carboxylic acids is 1. The first-order chi connectivity index (χ1) is 12.6. The Labute approximate surface area is 158 Å². The number of aliphatic imine (C=N–C) groups is 1. The van der Waals surface area contributed by atoms with Crippen molar-refractivity contribution in [2.24, 2.45) is 4.99 Å². The third-order valence-electron chi connectivity index (χ3n) is 4.18. The zero-order valence-corrected chi connectivity index (χ0v) is 16.7. The average molecular weight is 362 g/mol. The highest BCUT2D eigenvalue weighted by atomic mass is 16.1. The third-order valence-corrected chi connectivity index (χ3v) is 4.18. The number of hydrogen-bond donors (Lipinski definition) is 3. The maximum absolute atomic E-state index is 11.7. The van der Waals surface area contributed by atoms with E-state index in [1.165, 1.54) is 5.56 Å². The van der Waals surface area contributed by atoms with Gasteiger partial charge in [0.1, 0.15) is 6.54 Å². The lowest BCUT2D eigenvalue weighted by Gasteiger charge is -2.25. The molecule has 1 rings (SSSR count). The van der Waals surface area contributed by atoms with Gasteiger partial charge in [0.05, 0.1) is 0 Å². The normalized spacial score (nSPS) is 12.7. The summed E-state index contributed by atoms with van der Waals surface area (Å²) in [5, 5.41) is 9.33. The molecule has 6 heteroatoms. The van der Waals surface area contributed by atoms with Gasteiger partial charge in [0, 0.05) is 32.2 Å². The smallest absolute Gasteiger partial charge is 0.241 e. The molecule has 3 N–H and O–H groups in total. The molecule has 146 valence electrons. The van der Waals surface area contributed by atoms with Crippen LogP contribution in [-0.4, -0.2) is 56.0 Å². The molecule has 0 radical (unpaired) electrons. The Kier molecular flexibility index (Phi) is 11.1. The predicted molar refractivity (Wildman–Crippen MR) is 109 cm³/mol. The van der Waals surface area contributed by atoms with Gasteiger partial charge in [-0.1, -0.05) is 37.3 Å². The van der Waals surface area contributed by atoms with E-state index in [0.29, 0.717) is 18.5 Å². The Morgan fingerprint density at radius 2 is 1.85 bits per heavy atom. The fourth-order valence-electron chi connectivity index (χ4n) is 2.46. The molecule has 6 nitrogen and oxygen atoms in total. The second kappa shape index (κ2) is 13.2. The van der Waals surface area contributed by atoms with E-state index in [2.05, 4.69) is 64.1 Å². The average Bonchev–Trinajstić information content (AvgIpc) is 2.65. The third kappa shape index (κ3) is 9.42. The number of nitrogens with zero attached hydrogens (tertiary/aromatic N) is 2. The quantitative estimate of drug-likeness (QED) is 0.416. The Morgan fingerprint density at radius 1 is 1.12 bits per heavy atom. The van der Waals surface area contributed by atoms with Crippen LogP contribution in [0.25, 0.3) is 0 Å². The number of amides is 1. The molecular formula is C20H35N5O. The fraction of sp³-hybridized carbons (Fsp3) is 0.600. The molecule has 0 heterocycles. The molecule has 1 unspecified atom stereocenters.